The standard InChI is InChI=1S/C19H27N5O3S/c1-12(2)15-8-7-9-16(13(3)4)18(15)21-19(25)23-28(26,27)17-10-14(24(5)6)11-20-22-17/h7-13H,1-6H3,(H2,21,23,25). The maximum Gasteiger partial charge on any atom is 0.333 e. The summed E-state index contributed by atoms with van der Waals surface area (Å²) < 4.78 is 27.1. The van der Waals surface area contributed by atoms with E-state index in [0.717, 1.165) is 11.1 Å². The molecule has 0 aliphatic heterocycles. The van der Waals surface area contributed by atoms with E-state index in [4.69, 9.17) is 0 Å². The van der Waals surface area contributed by atoms with E-state index in [-0.39, 0.29) is 16.9 Å². The van der Waals surface area contributed by atoms with Gasteiger partial charge in [0.25, 0.3) is 10.0 Å². The second-order valence-electron chi connectivity index (χ2n) is 7.33. The van der Waals surface area contributed by atoms with Crippen molar-refractivity contribution in [2.45, 2.75) is 44.6 Å². The molecule has 28 heavy (non-hydrogen) atoms. The number of anilines is 2. The van der Waals surface area contributed by atoms with E-state index in [1.807, 2.05) is 50.6 Å². The summed E-state index contributed by atoms with van der Waals surface area (Å²) in [5, 5.41) is 9.73. The molecular weight excluding hydrogens is 378 g/mol. The maximum absolute atomic E-state index is 12.6. The Morgan fingerprint density at radius 3 is 2.14 bits per heavy atom. The summed E-state index contributed by atoms with van der Waals surface area (Å²) >= 11 is 0. The first kappa shape index (κ1) is 21.6. The molecule has 0 aliphatic carbocycles. The highest BCUT2D eigenvalue weighted by molar-refractivity contribution is 7.90. The highest BCUT2D eigenvalue weighted by Gasteiger charge is 2.23. The minimum Gasteiger partial charge on any atom is -0.376 e. The molecule has 152 valence electrons. The number of para-hydroxylation sites is 1. The average molecular weight is 406 g/mol. The molecule has 0 atom stereocenters. The van der Waals surface area contributed by atoms with Crippen LogP contribution in [0.15, 0.2) is 35.5 Å². The topological polar surface area (TPSA) is 104 Å². The van der Waals surface area contributed by atoms with Crippen molar-refractivity contribution in [2.75, 3.05) is 24.3 Å². The van der Waals surface area contributed by atoms with Crippen molar-refractivity contribution in [3.63, 3.8) is 0 Å². The van der Waals surface area contributed by atoms with Gasteiger partial charge in [-0.3, -0.25) is 0 Å². The lowest BCUT2D eigenvalue weighted by Crippen LogP contribution is -2.35. The average Bonchev–Trinajstić information content (AvgIpc) is 2.61. The Bertz CT molecular complexity index is 930. The Hall–Kier alpha value is -2.68. The van der Waals surface area contributed by atoms with Crippen molar-refractivity contribution in [3.8, 4) is 0 Å². The van der Waals surface area contributed by atoms with Crippen LogP contribution in [-0.2, 0) is 10.0 Å². The van der Waals surface area contributed by atoms with Crippen molar-refractivity contribution in [3.05, 3.63) is 41.6 Å². The van der Waals surface area contributed by atoms with Gasteiger partial charge in [0.2, 0.25) is 0 Å². The van der Waals surface area contributed by atoms with E-state index < -0.39 is 16.1 Å². The van der Waals surface area contributed by atoms with Gasteiger partial charge in [-0.15, -0.1) is 5.10 Å². The number of sulfonamides is 1. The number of rotatable bonds is 6. The summed E-state index contributed by atoms with van der Waals surface area (Å²) in [6.45, 7) is 8.06. The Labute approximate surface area is 166 Å². The second-order valence-corrected chi connectivity index (χ2v) is 8.96. The van der Waals surface area contributed by atoms with Crippen LogP contribution in [-0.4, -0.2) is 38.7 Å². The summed E-state index contributed by atoms with van der Waals surface area (Å²) in [6.07, 6.45) is 1.44. The molecule has 2 amide bonds. The molecule has 0 spiro atoms. The molecule has 1 heterocycles. The first-order valence-corrected chi connectivity index (χ1v) is 10.5. The van der Waals surface area contributed by atoms with E-state index in [2.05, 4.69) is 15.5 Å². The van der Waals surface area contributed by atoms with E-state index in [1.165, 1.54) is 12.3 Å². The third-order valence-corrected chi connectivity index (χ3v) is 5.45. The third-order valence-electron chi connectivity index (χ3n) is 4.25. The molecule has 9 heteroatoms. The molecule has 0 unspecified atom stereocenters. The highest BCUT2D eigenvalue weighted by Crippen LogP contribution is 2.32. The van der Waals surface area contributed by atoms with Crippen molar-refractivity contribution < 1.29 is 13.2 Å². The van der Waals surface area contributed by atoms with Gasteiger partial charge in [-0.05, 0) is 23.0 Å². The van der Waals surface area contributed by atoms with Crippen LogP contribution in [0.3, 0.4) is 0 Å². The van der Waals surface area contributed by atoms with Gasteiger partial charge in [0.15, 0.2) is 5.03 Å². The number of nitrogens with one attached hydrogen (secondary N) is 2. The summed E-state index contributed by atoms with van der Waals surface area (Å²) in [5.74, 6) is 0.321. The van der Waals surface area contributed by atoms with E-state index >= 15 is 0 Å². The Balaban J connectivity index is 2.30. The van der Waals surface area contributed by atoms with Crippen LogP contribution in [0.25, 0.3) is 0 Å². The lowest BCUT2D eigenvalue weighted by atomic mass is 9.93. The molecule has 2 N–H and O–H groups in total. The number of benzene rings is 1. The third kappa shape index (κ3) is 4.98. The second kappa shape index (κ2) is 8.55. The lowest BCUT2D eigenvalue weighted by molar-refractivity contribution is 0.256. The summed E-state index contributed by atoms with van der Waals surface area (Å²) in [6, 6.07) is 6.29. The van der Waals surface area contributed by atoms with Crippen molar-refractivity contribution in [1.82, 2.24) is 14.9 Å². The fraction of sp³-hybridized carbons (Fsp3) is 0.421. The van der Waals surface area contributed by atoms with E-state index in [0.29, 0.717) is 11.4 Å². The molecular formula is C19H27N5O3S. The summed E-state index contributed by atoms with van der Waals surface area (Å²) in [7, 11) is -0.657. The summed E-state index contributed by atoms with van der Waals surface area (Å²) in [5.41, 5.74) is 3.07. The van der Waals surface area contributed by atoms with Crippen molar-refractivity contribution in [1.29, 1.82) is 0 Å². The van der Waals surface area contributed by atoms with E-state index in [1.54, 1.807) is 19.0 Å². The number of carbonyl (C=O) groups excluding carboxylic acids is 1. The minimum absolute atomic E-state index is 0.160. The Morgan fingerprint density at radius 1 is 1.07 bits per heavy atom. The van der Waals surface area contributed by atoms with Crippen LogP contribution >= 0.6 is 0 Å². The van der Waals surface area contributed by atoms with Crippen molar-refractivity contribution >= 4 is 27.4 Å². The van der Waals surface area contributed by atoms with Crippen LogP contribution in [0.1, 0.15) is 50.7 Å². The number of hydrogen-bond donors (Lipinski definition) is 2. The van der Waals surface area contributed by atoms with Crippen LogP contribution in [0, 0.1) is 0 Å². The monoisotopic (exact) mass is 405 g/mol. The lowest BCUT2D eigenvalue weighted by Gasteiger charge is -2.20. The molecule has 0 saturated heterocycles. The molecule has 2 aromatic rings. The molecule has 2 rings (SSSR count). The number of aromatic nitrogens is 2. The van der Waals surface area contributed by atoms with E-state index in [9.17, 15) is 13.2 Å². The zero-order valence-corrected chi connectivity index (χ0v) is 17.8. The van der Waals surface area contributed by atoms with Gasteiger partial charge in [-0.25, -0.2) is 9.52 Å². The van der Waals surface area contributed by atoms with Gasteiger partial charge in [-0.1, -0.05) is 45.9 Å². The zero-order chi connectivity index (χ0) is 21.1. The maximum atomic E-state index is 12.6. The van der Waals surface area contributed by atoms with Crippen LogP contribution in [0.5, 0.6) is 0 Å². The molecule has 0 aliphatic rings. The summed E-state index contributed by atoms with van der Waals surface area (Å²) in [4.78, 5) is 14.2. The quantitative estimate of drug-likeness (QED) is 0.764. The Kier molecular flexibility index (Phi) is 6.60. The largest absolute Gasteiger partial charge is 0.376 e. The first-order valence-electron chi connectivity index (χ1n) is 8.99. The normalized spacial score (nSPS) is 11.6. The van der Waals surface area contributed by atoms with Gasteiger partial charge in [-0.2, -0.15) is 13.5 Å². The molecule has 1 aromatic heterocycles. The van der Waals surface area contributed by atoms with Gasteiger partial charge < -0.3 is 10.2 Å². The molecule has 1 aromatic carbocycles. The Morgan fingerprint density at radius 2 is 1.64 bits per heavy atom. The molecule has 0 radical (unpaired) electrons. The van der Waals surface area contributed by atoms with Crippen LogP contribution < -0.4 is 14.9 Å². The number of urea groups is 1. The molecule has 0 bridgehead atoms. The number of nitrogens with zero attached hydrogens (tertiary/aromatic N) is 3. The first-order chi connectivity index (χ1) is 13.0. The van der Waals surface area contributed by atoms with Gasteiger partial charge in [0.1, 0.15) is 0 Å². The zero-order valence-electron chi connectivity index (χ0n) is 17.0. The molecule has 0 saturated carbocycles. The van der Waals surface area contributed by atoms with Gasteiger partial charge in [0.05, 0.1) is 11.9 Å². The van der Waals surface area contributed by atoms with Crippen LogP contribution in [0.4, 0.5) is 16.2 Å². The fourth-order valence-electron chi connectivity index (χ4n) is 2.72. The predicted octanol–water partition coefficient (Wildman–Crippen LogP) is 3.30. The highest BCUT2D eigenvalue weighted by atomic mass is 32.2. The minimum atomic E-state index is -4.16. The SMILES string of the molecule is CC(C)c1cccc(C(C)C)c1NC(=O)NS(=O)(=O)c1cc(N(C)C)cnn1. The number of amides is 2. The smallest absolute Gasteiger partial charge is 0.333 e. The van der Waals surface area contributed by atoms with Gasteiger partial charge in [0, 0.05) is 25.8 Å². The van der Waals surface area contributed by atoms with Gasteiger partial charge >= 0.3 is 6.03 Å². The number of hydrogen-bond acceptors (Lipinski definition) is 6. The fourth-order valence-corrected chi connectivity index (χ4v) is 3.55. The number of carbonyl (C=O) groups is 1. The van der Waals surface area contributed by atoms with Crippen LogP contribution in [0.2, 0.25) is 0 Å². The molecule has 0 fully saturated rings. The molecule has 8 nitrogen and oxygen atoms in total. The van der Waals surface area contributed by atoms with Crippen molar-refractivity contribution in [2.24, 2.45) is 0 Å². The predicted molar refractivity (Wildman–Crippen MR) is 110 cm³/mol.